The molecule has 0 bridgehead atoms. The Bertz CT molecular complexity index is 591. The number of halogens is 1. The summed E-state index contributed by atoms with van der Waals surface area (Å²) in [7, 11) is 1.98. The Morgan fingerprint density at radius 1 is 1.22 bits per heavy atom. The van der Waals surface area contributed by atoms with Gasteiger partial charge in [-0.2, -0.15) is 0 Å². The summed E-state index contributed by atoms with van der Waals surface area (Å²) in [6.07, 6.45) is 1.97. The minimum Gasteiger partial charge on any atom is -0.387 e. The van der Waals surface area contributed by atoms with Gasteiger partial charge in [0.05, 0.1) is 5.52 Å². The monoisotopic (exact) mass is 306 g/mol. The second-order valence-electron chi connectivity index (χ2n) is 4.48. The van der Waals surface area contributed by atoms with Crippen LogP contribution in [0, 0.1) is 6.92 Å². The first-order valence-corrected chi connectivity index (χ1v) is 7.21. The zero-order valence-electron chi connectivity index (χ0n) is 11.4. The van der Waals surface area contributed by atoms with E-state index in [4.69, 9.17) is 4.98 Å². The van der Waals surface area contributed by atoms with Gasteiger partial charge in [-0.3, -0.25) is 4.98 Å². The highest BCUT2D eigenvalue weighted by Crippen LogP contribution is 2.32. The molecule has 0 fully saturated rings. The van der Waals surface area contributed by atoms with Gasteiger partial charge in [0, 0.05) is 28.3 Å². The molecular formula is C15H19BrN2. The van der Waals surface area contributed by atoms with Gasteiger partial charge >= 0.3 is 0 Å². The number of nitrogens with one attached hydrogen (secondary N) is 1. The molecule has 2 nitrogen and oxygen atoms in total. The number of aryl methyl sites for hydroxylation is 2. The van der Waals surface area contributed by atoms with Crippen LogP contribution in [0.25, 0.3) is 10.9 Å². The van der Waals surface area contributed by atoms with Gasteiger partial charge in [-0.05, 0) is 43.0 Å². The second kappa shape index (κ2) is 5.27. The molecule has 1 aromatic heterocycles. The Labute approximate surface area is 117 Å². The van der Waals surface area contributed by atoms with Crippen LogP contribution in [0.15, 0.2) is 16.6 Å². The Balaban J connectivity index is 2.91. The topological polar surface area (TPSA) is 24.9 Å². The summed E-state index contributed by atoms with van der Waals surface area (Å²) in [5.41, 5.74) is 6.07. The van der Waals surface area contributed by atoms with Gasteiger partial charge in [-0.15, -0.1) is 0 Å². The van der Waals surface area contributed by atoms with Gasteiger partial charge in [0.25, 0.3) is 0 Å². The molecular weight excluding hydrogens is 288 g/mol. The Morgan fingerprint density at radius 2 is 1.94 bits per heavy atom. The number of pyridine rings is 1. The lowest BCUT2D eigenvalue weighted by Crippen LogP contribution is -2.02. The summed E-state index contributed by atoms with van der Waals surface area (Å²) in [6, 6.07) is 4.32. The van der Waals surface area contributed by atoms with E-state index in [9.17, 15) is 0 Å². The van der Waals surface area contributed by atoms with Crippen molar-refractivity contribution in [3.63, 3.8) is 0 Å². The van der Waals surface area contributed by atoms with Crippen LogP contribution < -0.4 is 5.32 Å². The molecule has 0 spiro atoms. The predicted molar refractivity (Wildman–Crippen MR) is 82.5 cm³/mol. The second-order valence-corrected chi connectivity index (χ2v) is 5.39. The molecule has 2 rings (SSSR count). The number of aromatic nitrogens is 1. The molecule has 1 N–H and O–H groups in total. The Hall–Kier alpha value is -1.09. The van der Waals surface area contributed by atoms with E-state index in [0.29, 0.717) is 0 Å². The van der Waals surface area contributed by atoms with E-state index < -0.39 is 0 Å². The molecule has 96 valence electrons. The summed E-state index contributed by atoms with van der Waals surface area (Å²) in [5, 5.41) is 4.54. The van der Waals surface area contributed by atoms with Gasteiger partial charge < -0.3 is 5.32 Å². The number of fused-ring (bicyclic) bond motifs is 1. The van der Waals surface area contributed by atoms with Crippen molar-refractivity contribution in [3.8, 4) is 0 Å². The first-order valence-electron chi connectivity index (χ1n) is 6.41. The molecule has 0 unspecified atom stereocenters. The zero-order chi connectivity index (χ0) is 13.3. The van der Waals surface area contributed by atoms with E-state index in [1.165, 1.54) is 27.9 Å². The lowest BCUT2D eigenvalue weighted by molar-refractivity contribution is 1.02. The van der Waals surface area contributed by atoms with Crippen LogP contribution in [0.1, 0.15) is 30.7 Å². The first kappa shape index (κ1) is 13.3. The number of hydrogen-bond donors (Lipinski definition) is 1. The molecule has 0 radical (unpaired) electrons. The van der Waals surface area contributed by atoms with Crippen molar-refractivity contribution in [1.29, 1.82) is 0 Å². The zero-order valence-corrected chi connectivity index (χ0v) is 13.0. The average Bonchev–Trinajstić information content (AvgIpc) is 2.37. The fourth-order valence-electron chi connectivity index (χ4n) is 2.48. The van der Waals surface area contributed by atoms with Crippen molar-refractivity contribution < 1.29 is 0 Å². The largest absolute Gasteiger partial charge is 0.387 e. The Morgan fingerprint density at radius 3 is 2.50 bits per heavy atom. The van der Waals surface area contributed by atoms with E-state index in [0.717, 1.165) is 22.8 Å². The number of nitrogens with zero attached hydrogens (tertiary/aromatic N) is 1. The maximum absolute atomic E-state index is 4.85. The van der Waals surface area contributed by atoms with Gasteiger partial charge in [0.1, 0.15) is 0 Å². The molecule has 0 aliphatic heterocycles. The highest BCUT2D eigenvalue weighted by Gasteiger charge is 2.12. The van der Waals surface area contributed by atoms with E-state index in [1.807, 2.05) is 7.05 Å². The van der Waals surface area contributed by atoms with E-state index >= 15 is 0 Å². The minimum atomic E-state index is 0.968. The van der Waals surface area contributed by atoms with Crippen molar-refractivity contribution in [3.05, 3.63) is 33.4 Å². The van der Waals surface area contributed by atoms with E-state index in [1.54, 1.807) is 0 Å². The minimum absolute atomic E-state index is 0.968. The highest BCUT2D eigenvalue weighted by molar-refractivity contribution is 9.10. The van der Waals surface area contributed by atoms with Gasteiger partial charge in [-0.1, -0.05) is 29.8 Å². The summed E-state index contributed by atoms with van der Waals surface area (Å²) in [5.74, 6) is 0. The lowest BCUT2D eigenvalue weighted by Gasteiger charge is -2.15. The van der Waals surface area contributed by atoms with Crippen molar-refractivity contribution in [2.75, 3.05) is 12.4 Å². The molecule has 1 aromatic carbocycles. The van der Waals surface area contributed by atoms with Crippen LogP contribution >= 0.6 is 15.9 Å². The molecule has 2 aromatic rings. The molecule has 1 heterocycles. The Kier molecular flexibility index (Phi) is 3.91. The third-order valence-electron chi connectivity index (χ3n) is 3.44. The number of anilines is 1. The molecule has 18 heavy (non-hydrogen) atoms. The van der Waals surface area contributed by atoms with Crippen molar-refractivity contribution in [2.45, 2.75) is 33.6 Å². The van der Waals surface area contributed by atoms with Crippen LogP contribution in [0.2, 0.25) is 0 Å². The molecule has 3 heteroatoms. The molecule has 0 saturated carbocycles. The normalized spacial score (nSPS) is 10.9. The summed E-state index contributed by atoms with van der Waals surface area (Å²) in [4.78, 5) is 4.85. The molecule has 0 amide bonds. The van der Waals surface area contributed by atoms with Gasteiger partial charge in [-0.25, -0.2) is 0 Å². The van der Waals surface area contributed by atoms with Crippen LogP contribution in [0.4, 0.5) is 5.69 Å². The molecule has 0 saturated heterocycles. The first-order chi connectivity index (χ1) is 8.62. The maximum atomic E-state index is 4.85. The van der Waals surface area contributed by atoms with E-state index in [2.05, 4.69) is 54.2 Å². The standard InChI is InChI=1S/C15H19BrN2/c1-5-10-7-11(16)8-12-14(17-4)9(3)13(6-2)18-15(10)12/h7-8H,5-6H2,1-4H3,(H,17,18). The van der Waals surface area contributed by atoms with Crippen LogP contribution in [-0.4, -0.2) is 12.0 Å². The van der Waals surface area contributed by atoms with Crippen LogP contribution in [0.3, 0.4) is 0 Å². The highest BCUT2D eigenvalue weighted by atomic mass is 79.9. The van der Waals surface area contributed by atoms with Crippen molar-refractivity contribution in [2.24, 2.45) is 0 Å². The third kappa shape index (κ3) is 2.12. The van der Waals surface area contributed by atoms with E-state index in [-0.39, 0.29) is 0 Å². The van der Waals surface area contributed by atoms with Crippen molar-refractivity contribution >= 4 is 32.5 Å². The SMILES string of the molecule is CCc1nc2c(CC)cc(Br)cc2c(NC)c1C. The number of hydrogen-bond acceptors (Lipinski definition) is 2. The van der Waals surface area contributed by atoms with Crippen molar-refractivity contribution in [1.82, 2.24) is 4.98 Å². The fraction of sp³-hybridized carbons (Fsp3) is 0.400. The average molecular weight is 307 g/mol. The third-order valence-corrected chi connectivity index (χ3v) is 3.90. The summed E-state index contributed by atoms with van der Waals surface area (Å²) >= 11 is 3.59. The maximum Gasteiger partial charge on any atom is 0.0758 e. The smallest absolute Gasteiger partial charge is 0.0758 e. The summed E-state index contributed by atoms with van der Waals surface area (Å²) in [6.45, 7) is 6.47. The summed E-state index contributed by atoms with van der Waals surface area (Å²) < 4.78 is 1.12. The molecule has 0 aliphatic carbocycles. The van der Waals surface area contributed by atoms with Crippen LogP contribution in [-0.2, 0) is 12.8 Å². The lowest BCUT2D eigenvalue weighted by atomic mass is 10.0. The molecule has 0 aliphatic rings. The number of benzene rings is 1. The predicted octanol–water partition coefficient (Wildman–Crippen LogP) is 4.47. The number of rotatable bonds is 3. The van der Waals surface area contributed by atoms with Crippen LogP contribution in [0.5, 0.6) is 0 Å². The van der Waals surface area contributed by atoms with Gasteiger partial charge in [0.15, 0.2) is 0 Å². The fourth-order valence-corrected chi connectivity index (χ4v) is 2.98. The molecule has 0 atom stereocenters. The van der Waals surface area contributed by atoms with Gasteiger partial charge in [0.2, 0.25) is 0 Å². The quantitative estimate of drug-likeness (QED) is 0.905.